The van der Waals surface area contributed by atoms with Crippen LogP contribution >= 0.6 is 0 Å². The Labute approximate surface area is 229 Å². The van der Waals surface area contributed by atoms with Crippen molar-refractivity contribution in [3.05, 3.63) is 54.5 Å². The summed E-state index contributed by atoms with van der Waals surface area (Å²) in [6.07, 6.45) is 12.7. The maximum Gasteiger partial charge on any atom is 0.330 e. The smallest absolute Gasteiger partial charge is 0.330 e. The van der Waals surface area contributed by atoms with E-state index >= 15 is 0 Å². The number of hydrogen-bond acceptors (Lipinski definition) is 7. The summed E-state index contributed by atoms with van der Waals surface area (Å²) in [5.74, 6) is -0.252. The number of rotatable bonds is 7. The van der Waals surface area contributed by atoms with Crippen LogP contribution in [0.4, 0.5) is 11.4 Å². The lowest BCUT2D eigenvalue weighted by molar-refractivity contribution is -0.134. The van der Waals surface area contributed by atoms with E-state index in [1.54, 1.807) is 18.5 Å². The molecule has 2 atom stereocenters. The topological polar surface area (TPSA) is 101 Å². The summed E-state index contributed by atoms with van der Waals surface area (Å²) in [6.45, 7) is 2.44. The van der Waals surface area contributed by atoms with E-state index in [0.717, 1.165) is 67.3 Å². The van der Waals surface area contributed by atoms with E-state index in [4.69, 9.17) is 4.74 Å². The van der Waals surface area contributed by atoms with Gasteiger partial charge in [-0.3, -0.25) is 14.5 Å². The second-order valence-corrected chi connectivity index (χ2v) is 10.7. The Bertz CT molecular complexity index is 1340. The number of nitrogens with zero attached hydrogens (tertiary/aromatic N) is 5. The van der Waals surface area contributed by atoms with Crippen molar-refractivity contribution in [2.75, 3.05) is 36.5 Å². The maximum atomic E-state index is 13.8. The molecule has 1 aromatic carbocycles. The molecule has 9 heteroatoms. The average Bonchev–Trinajstić information content (AvgIpc) is 3.34. The number of benzene rings is 1. The molecule has 0 spiro atoms. The van der Waals surface area contributed by atoms with Gasteiger partial charge in [-0.05, 0) is 73.9 Å². The molecule has 3 heterocycles. The number of ether oxygens (including phenoxy) is 1. The Morgan fingerprint density at radius 3 is 2.72 bits per heavy atom. The third-order valence-corrected chi connectivity index (χ3v) is 8.08. The van der Waals surface area contributed by atoms with E-state index in [1.807, 2.05) is 28.9 Å². The number of carbonyl (C=O) groups is 2. The molecule has 2 fully saturated rings. The highest BCUT2D eigenvalue weighted by molar-refractivity contribution is 5.95. The molecular weight excluding hydrogens is 494 g/mol. The Morgan fingerprint density at radius 1 is 1.13 bits per heavy atom. The summed E-state index contributed by atoms with van der Waals surface area (Å²) in [7, 11) is 3.29. The van der Waals surface area contributed by atoms with E-state index in [1.165, 1.54) is 18.9 Å². The van der Waals surface area contributed by atoms with Crippen LogP contribution in [0.3, 0.4) is 0 Å². The molecular formula is C30H37N5O4. The molecule has 1 saturated carbocycles. The number of methoxy groups -OCH3 is 1. The number of pyridine rings is 1. The third kappa shape index (κ3) is 6.30. The molecule has 39 heavy (non-hydrogen) atoms. The van der Waals surface area contributed by atoms with Crippen LogP contribution in [0.15, 0.2) is 48.9 Å². The summed E-state index contributed by atoms with van der Waals surface area (Å²) in [4.78, 5) is 34.1. The summed E-state index contributed by atoms with van der Waals surface area (Å²) in [5.41, 5.74) is 3.76. The van der Waals surface area contributed by atoms with Crippen LogP contribution in [-0.4, -0.2) is 64.6 Å². The minimum atomic E-state index is -0.445. The van der Waals surface area contributed by atoms with E-state index in [0.29, 0.717) is 18.9 Å². The number of carbonyl (C=O) groups excluding carboxylic acids is 2. The van der Waals surface area contributed by atoms with Crippen molar-refractivity contribution in [2.24, 2.45) is 18.9 Å². The zero-order valence-electron chi connectivity index (χ0n) is 22.7. The predicted octanol–water partition coefficient (Wildman–Crippen LogP) is 3.96. The molecule has 3 aromatic rings. The van der Waals surface area contributed by atoms with Gasteiger partial charge in [0.15, 0.2) is 0 Å². The van der Waals surface area contributed by atoms with Gasteiger partial charge in [0.25, 0.3) is 0 Å². The van der Waals surface area contributed by atoms with Crippen LogP contribution in [0.2, 0.25) is 0 Å². The first-order valence-corrected chi connectivity index (χ1v) is 13.8. The standard InChI is InChI=1S/C30H37N5O4/c1-33-28-8-7-25(15-24(28)18-32-33)34-12-10-21(11-13-34)20-35(30(38)23-4-3-5-27(36)16-23)26-14-22(17-31-19-26)6-9-29(37)39-2/h6-9,14-15,17-19,21,23,27,36H,3-5,10-13,16,20H2,1-2H3/b9-6+. The molecule has 1 aliphatic carbocycles. The SMILES string of the molecule is COC(=O)/C=C/c1cncc(N(CC2CCN(c3ccc4c(cnn4C)c3)CC2)C(=O)C2CCCC(O)C2)c1. The highest BCUT2D eigenvalue weighted by Gasteiger charge is 2.32. The van der Waals surface area contributed by atoms with E-state index in [9.17, 15) is 14.7 Å². The largest absolute Gasteiger partial charge is 0.466 e. The van der Waals surface area contributed by atoms with Crippen LogP contribution < -0.4 is 9.80 Å². The third-order valence-electron chi connectivity index (χ3n) is 8.08. The van der Waals surface area contributed by atoms with Crippen molar-refractivity contribution in [2.45, 2.75) is 44.6 Å². The number of aliphatic hydroxyl groups excluding tert-OH is 1. The minimum absolute atomic E-state index is 0.0501. The van der Waals surface area contributed by atoms with Crippen molar-refractivity contribution in [3.8, 4) is 0 Å². The number of hydrogen-bond donors (Lipinski definition) is 1. The first-order valence-electron chi connectivity index (χ1n) is 13.8. The zero-order valence-corrected chi connectivity index (χ0v) is 22.7. The summed E-state index contributed by atoms with van der Waals surface area (Å²) < 4.78 is 6.58. The molecule has 206 valence electrons. The summed E-state index contributed by atoms with van der Waals surface area (Å²) >= 11 is 0. The summed E-state index contributed by atoms with van der Waals surface area (Å²) in [5, 5.41) is 15.7. The number of anilines is 2. The molecule has 0 radical (unpaired) electrons. The van der Waals surface area contributed by atoms with Gasteiger partial charge in [0.2, 0.25) is 5.91 Å². The van der Waals surface area contributed by atoms with Gasteiger partial charge in [-0.25, -0.2) is 4.79 Å². The number of aromatic nitrogens is 3. The first kappa shape index (κ1) is 26.9. The Kier molecular flexibility index (Phi) is 8.26. The second-order valence-electron chi connectivity index (χ2n) is 10.7. The molecule has 1 amide bonds. The average molecular weight is 532 g/mol. The van der Waals surface area contributed by atoms with Crippen LogP contribution in [-0.2, 0) is 21.4 Å². The van der Waals surface area contributed by atoms with E-state index < -0.39 is 12.1 Å². The lowest BCUT2D eigenvalue weighted by atomic mass is 9.85. The van der Waals surface area contributed by atoms with Gasteiger partial charge in [0, 0.05) is 55.9 Å². The molecule has 2 aliphatic rings. The molecule has 1 N–H and O–H groups in total. The molecule has 5 rings (SSSR count). The normalized spacial score (nSPS) is 20.4. The van der Waals surface area contributed by atoms with Crippen molar-refractivity contribution >= 4 is 40.2 Å². The first-order chi connectivity index (χ1) is 18.9. The molecule has 2 aromatic heterocycles. The van der Waals surface area contributed by atoms with Crippen molar-refractivity contribution in [3.63, 3.8) is 0 Å². The highest BCUT2D eigenvalue weighted by atomic mass is 16.5. The molecule has 1 saturated heterocycles. The summed E-state index contributed by atoms with van der Waals surface area (Å²) in [6, 6.07) is 8.37. The van der Waals surface area contributed by atoms with Gasteiger partial charge in [-0.15, -0.1) is 0 Å². The number of piperidine rings is 1. The molecule has 0 bridgehead atoms. The van der Waals surface area contributed by atoms with Crippen LogP contribution in [0.5, 0.6) is 0 Å². The monoisotopic (exact) mass is 531 g/mol. The fourth-order valence-electron chi connectivity index (χ4n) is 5.83. The number of aliphatic hydroxyl groups is 1. The Morgan fingerprint density at radius 2 is 1.95 bits per heavy atom. The van der Waals surface area contributed by atoms with Crippen molar-refractivity contribution in [1.29, 1.82) is 0 Å². The zero-order chi connectivity index (χ0) is 27.4. The number of aryl methyl sites for hydroxylation is 1. The van der Waals surface area contributed by atoms with Gasteiger partial charge in [0.05, 0.1) is 36.8 Å². The quantitative estimate of drug-likeness (QED) is 0.364. The van der Waals surface area contributed by atoms with Gasteiger partial charge >= 0.3 is 5.97 Å². The van der Waals surface area contributed by atoms with Gasteiger partial charge in [-0.1, -0.05) is 6.42 Å². The van der Waals surface area contributed by atoms with Gasteiger partial charge < -0.3 is 19.6 Å². The predicted molar refractivity (Wildman–Crippen MR) is 151 cm³/mol. The minimum Gasteiger partial charge on any atom is -0.466 e. The van der Waals surface area contributed by atoms with Crippen LogP contribution in [0.1, 0.15) is 44.1 Å². The Hall–Kier alpha value is -3.72. The second kappa shape index (κ2) is 12.0. The molecule has 1 aliphatic heterocycles. The number of fused-ring (bicyclic) bond motifs is 1. The van der Waals surface area contributed by atoms with Crippen LogP contribution in [0, 0.1) is 11.8 Å². The number of esters is 1. The van der Waals surface area contributed by atoms with Gasteiger partial charge in [-0.2, -0.15) is 5.10 Å². The van der Waals surface area contributed by atoms with Gasteiger partial charge in [0.1, 0.15) is 0 Å². The number of amides is 1. The highest BCUT2D eigenvalue weighted by Crippen LogP contribution is 2.31. The lowest BCUT2D eigenvalue weighted by Crippen LogP contribution is -2.44. The fourth-order valence-corrected chi connectivity index (χ4v) is 5.83. The molecule has 2 unspecified atom stereocenters. The maximum absolute atomic E-state index is 13.8. The molecule has 9 nitrogen and oxygen atoms in total. The van der Waals surface area contributed by atoms with E-state index in [2.05, 4.69) is 33.2 Å². The van der Waals surface area contributed by atoms with Crippen molar-refractivity contribution < 1.29 is 19.4 Å². The lowest BCUT2D eigenvalue weighted by Gasteiger charge is -2.37. The fraction of sp³-hybridized carbons (Fsp3) is 0.467. The Balaban J connectivity index is 1.31. The van der Waals surface area contributed by atoms with E-state index in [-0.39, 0.29) is 11.8 Å². The van der Waals surface area contributed by atoms with Crippen LogP contribution in [0.25, 0.3) is 17.0 Å². The van der Waals surface area contributed by atoms with Crippen molar-refractivity contribution in [1.82, 2.24) is 14.8 Å².